The Morgan fingerprint density at radius 3 is 1.17 bits per heavy atom. The van der Waals surface area contributed by atoms with Crippen LogP contribution >= 0.6 is 0 Å². The van der Waals surface area contributed by atoms with Crippen LogP contribution in [0.5, 0.6) is 0 Å². The van der Waals surface area contributed by atoms with E-state index in [-0.39, 0.29) is 0 Å². The van der Waals surface area contributed by atoms with Crippen molar-refractivity contribution in [3.63, 3.8) is 0 Å². The number of rotatable bonds is 0. The molecule has 0 aliphatic carbocycles. The highest BCUT2D eigenvalue weighted by Gasteiger charge is 2.44. The summed E-state index contributed by atoms with van der Waals surface area (Å²) in [5, 5.41) is 11.0. The Kier molecular flexibility index (Phi) is 9.66. The van der Waals surface area contributed by atoms with Gasteiger partial charge in [0.2, 0.25) is 0 Å². The first-order valence-electron chi connectivity index (χ1n) is 1.99. The average molecular weight is 208 g/mol. The average Bonchev–Trinajstić information content (AvgIpc) is 1.92. The van der Waals surface area contributed by atoms with Crippen molar-refractivity contribution in [1.29, 1.82) is 10.8 Å². The van der Waals surface area contributed by atoms with E-state index < -0.39 is 15.6 Å². The summed E-state index contributed by atoms with van der Waals surface area (Å²) >= 11 is 0. The van der Waals surface area contributed by atoms with Crippen LogP contribution in [0.2, 0.25) is 0 Å². The highest BCUT2D eigenvalue weighted by atomic mass is 32.2. The Morgan fingerprint density at radius 1 is 1.08 bits per heavy atom. The van der Waals surface area contributed by atoms with Crippen molar-refractivity contribution in [3.05, 3.63) is 0 Å². The molecule has 0 atom stereocenters. The van der Waals surface area contributed by atoms with Gasteiger partial charge < -0.3 is 10.8 Å². The second-order valence-corrected chi connectivity index (χ2v) is 2.33. The lowest BCUT2D eigenvalue weighted by Gasteiger charge is -1.97. The van der Waals surface area contributed by atoms with E-state index in [2.05, 4.69) is 13.4 Å². The molecule has 0 unspecified atom stereocenters. The van der Waals surface area contributed by atoms with Crippen molar-refractivity contribution in [2.75, 3.05) is 0 Å². The molecule has 5 nitrogen and oxygen atoms in total. The van der Waals surface area contributed by atoms with E-state index in [0.717, 1.165) is 0 Å². The third kappa shape index (κ3) is 9.04. The quantitative estimate of drug-likeness (QED) is 0.313. The molecule has 0 saturated carbocycles. The van der Waals surface area contributed by atoms with Crippen LogP contribution in [0.25, 0.3) is 0 Å². The maximum absolute atomic E-state index is 10.7. The van der Waals surface area contributed by atoms with Crippen LogP contribution in [0.1, 0.15) is 0 Å². The van der Waals surface area contributed by atoms with Crippen LogP contribution in [0.4, 0.5) is 13.2 Å². The molecule has 0 aliphatic rings. The standard InChI is InChI=1S/CHF3O3S.2CH3N/c2-1(3,4)8(5,6)7;2*1-2/h(H,5,6,7);2*2H,1H2. The number of halogens is 3. The van der Waals surface area contributed by atoms with Crippen LogP contribution in [0.3, 0.4) is 0 Å². The molecular formula is C3H7F3N2O3S. The topological polar surface area (TPSA) is 102 Å². The molecule has 9 heteroatoms. The Hall–Kier alpha value is -0.960. The first kappa shape index (κ1) is 17.2. The Labute approximate surface area is 67.0 Å². The normalized spacial score (nSPS) is 10.0. The maximum Gasteiger partial charge on any atom is 0.522 e. The van der Waals surface area contributed by atoms with Crippen LogP contribution < -0.4 is 0 Å². The monoisotopic (exact) mass is 208 g/mol. The van der Waals surface area contributed by atoms with Crippen molar-refractivity contribution in [1.82, 2.24) is 0 Å². The van der Waals surface area contributed by atoms with Gasteiger partial charge in [-0.25, -0.2) is 0 Å². The summed E-state index contributed by atoms with van der Waals surface area (Å²) < 4.78 is 57.5. The van der Waals surface area contributed by atoms with E-state index in [9.17, 15) is 13.2 Å². The van der Waals surface area contributed by atoms with Gasteiger partial charge in [-0.2, -0.15) is 21.6 Å². The largest absolute Gasteiger partial charge is 0.522 e. The van der Waals surface area contributed by atoms with Gasteiger partial charge in [-0.05, 0) is 13.4 Å². The predicted molar refractivity (Wildman–Crippen MR) is 37.3 cm³/mol. The van der Waals surface area contributed by atoms with Gasteiger partial charge in [0.15, 0.2) is 0 Å². The van der Waals surface area contributed by atoms with Gasteiger partial charge in [0.05, 0.1) is 0 Å². The van der Waals surface area contributed by atoms with Gasteiger partial charge in [-0.1, -0.05) is 0 Å². The van der Waals surface area contributed by atoms with Crippen molar-refractivity contribution >= 4 is 23.6 Å². The van der Waals surface area contributed by atoms with Gasteiger partial charge in [-0.3, -0.25) is 4.55 Å². The van der Waals surface area contributed by atoms with E-state index in [1.165, 1.54) is 0 Å². The zero-order valence-electron chi connectivity index (χ0n) is 5.72. The van der Waals surface area contributed by atoms with Crippen LogP contribution in [-0.4, -0.2) is 31.9 Å². The van der Waals surface area contributed by atoms with Crippen LogP contribution in [0, 0.1) is 10.8 Å². The van der Waals surface area contributed by atoms with Gasteiger partial charge >= 0.3 is 15.6 Å². The molecule has 0 spiro atoms. The molecular weight excluding hydrogens is 201 g/mol. The molecule has 0 aromatic rings. The van der Waals surface area contributed by atoms with Crippen molar-refractivity contribution in [3.8, 4) is 0 Å². The zero-order chi connectivity index (χ0) is 11.0. The summed E-state index contributed by atoms with van der Waals surface area (Å²) in [5.74, 6) is 0. The SMILES string of the molecule is C=N.C=N.O=S(=O)(O)C(F)(F)F. The fraction of sp³-hybridized carbons (Fsp3) is 0.333. The van der Waals surface area contributed by atoms with Crippen molar-refractivity contribution < 1.29 is 26.1 Å². The van der Waals surface area contributed by atoms with E-state index in [0.29, 0.717) is 0 Å². The molecule has 3 N–H and O–H groups in total. The second kappa shape index (κ2) is 6.73. The van der Waals surface area contributed by atoms with E-state index >= 15 is 0 Å². The summed E-state index contributed by atoms with van der Waals surface area (Å²) in [6, 6.07) is 0. The summed E-state index contributed by atoms with van der Waals surface area (Å²) in [6.45, 7) is 5.00. The highest BCUT2D eigenvalue weighted by Crippen LogP contribution is 2.20. The molecule has 0 saturated heterocycles. The Morgan fingerprint density at radius 2 is 1.17 bits per heavy atom. The first-order valence-corrected chi connectivity index (χ1v) is 3.43. The number of hydrogen-bond donors (Lipinski definition) is 3. The summed E-state index contributed by atoms with van der Waals surface area (Å²) in [5.41, 5.74) is -5.53. The smallest absolute Gasteiger partial charge is 0.317 e. The molecule has 0 radical (unpaired) electrons. The van der Waals surface area contributed by atoms with E-state index in [1.807, 2.05) is 0 Å². The molecule has 12 heavy (non-hydrogen) atoms. The summed E-state index contributed by atoms with van der Waals surface area (Å²) in [4.78, 5) is 0. The number of nitrogens with one attached hydrogen (secondary N) is 2. The minimum atomic E-state index is -5.84. The molecule has 0 bridgehead atoms. The molecule has 0 aromatic carbocycles. The van der Waals surface area contributed by atoms with Crippen LogP contribution in [-0.2, 0) is 10.1 Å². The second-order valence-electron chi connectivity index (χ2n) is 0.921. The maximum atomic E-state index is 10.7. The van der Waals surface area contributed by atoms with Crippen LogP contribution in [0.15, 0.2) is 0 Å². The fourth-order valence-electron chi connectivity index (χ4n) is 0. The molecule has 0 aliphatic heterocycles. The van der Waals surface area contributed by atoms with Gasteiger partial charge in [0.25, 0.3) is 0 Å². The Bertz CT molecular complexity index is 197. The minimum Gasteiger partial charge on any atom is -0.317 e. The van der Waals surface area contributed by atoms with E-state index in [1.54, 1.807) is 0 Å². The predicted octanol–water partition coefficient (Wildman–Crippen LogP) is 0.926. The Balaban J connectivity index is -0.000000175. The third-order valence-electron chi connectivity index (χ3n) is 0.292. The van der Waals surface area contributed by atoms with Crippen molar-refractivity contribution in [2.24, 2.45) is 0 Å². The highest BCUT2D eigenvalue weighted by molar-refractivity contribution is 7.86. The summed E-state index contributed by atoms with van der Waals surface area (Å²) in [6.07, 6.45) is 0. The molecule has 0 heterocycles. The molecule has 0 amide bonds. The number of hydrogen-bond acceptors (Lipinski definition) is 4. The molecule has 0 rings (SSSR count). The van der Waals surface area contributed by atoms with Gasteiger partial charge in [-0.15, -0.1) is 0 Å². The number of alkyl halides is 3. The lowest BCUT2D eigenvalue weighted by Crippen LogP contribution is -2.21. The molecule has 74 valence electrons. The van der Waals surface area contributed by atoms with Gasteiger partial charge in [0.1, 0.15) is 0 Å². The summed E-state index contributed by atoms with van der Waals surface area (Å²) in [7, 11) is -5.84. The lowest BCUT2D eigenvalue weighted by molar-refractivity contribution is -0.0510. The first-order chi connectivity index (χ1) is 5.25. The third-order valence-corrected chi connectivity index (χ3v) is 0.877. The van der Waals surface area contributed by atoms with E-state index in [4.69, 9.17) is 23.8 Å². The molecule has 0 fully saturated rings. The van der Waals surface area contributed by atoms with Gasteiger partial charge in [0, 0.05) is 0 Å². The zero-order valence-corrected chi connectivity index (χ0v) is 6.54. The molecule has 0 aromatic heterocycles. The van der Waals surface area contributed by atoms with Crippen molar-refractivity contribution in [2.45, 2.75) is 5.51 Å². The fourth-order valence-corrected chi connectivity index (χ4v) is 0. The lowest BCUT2D eigenvalue weighted by atomic mass is 11.6. The minimum absolute atomic E-state index is 2.50.